The molecule has 28 heavy (non-hydrogen) atoms. The quantitative estimate of drug-likeness (QED) is 0.545. The number of hydrogen-bond donors (Lipinski definition) is 1. The molecular formula is C22H17N4O2+. The second-order valence-corrected chi connectivity index (χ2v) is 6.44. The van der Waals surface area contributed by atoms with E-state index in [9.17, 15) is 0 Å². The molecule has 0 radical (unpaired) electrons. The number of allylic oxidation sites excluding steroid dienone is 1. The number of aliphatic imine (C=N–C) groups is 2. The first-order valence-corrected chi connectivity index (χ1v) is 8.83. The lowest BCUT2D eigenvalue weighted by molar-refractivity contribution is -0.749. The number of quaternary nitrogens is 1. The van der Waals surface area contributed by atoms with Gasteiger partial charge in [0, 0.05) is 0 Å². The third-order valence-electron chi connectivity index (χ3n) is 4.64. The van der Waals surface area contributed by atoms with Crippen LogP contribution in [-0.2, 0) is 0 Å². The normalized spacial score (nSPS) is 20.2. The van der Waals surface area contributed by atoms with Gasteiger partial charge in [0.05, 0.1) is 24.2 Å². The van der Waals surface area contributed by atoms with E-state index in [0.29, 0.717) is 17.3 Å². The molecule has 6 nitrogen and oxygen atoms in total. The molecule has 1 atom stereocenters. The van der Waals surface area contributed by atoms with Gasteiger partial charge in [0.15, 0.2) is 11.5 Å². The number of nitrogens with zero attached hydrogens (tertiary/aromatic N) is 3. The number of hydrogen-bond acceptors (Lipinski definition) is 5. The molecule has 1 unspecified atom stereocenters. The van der Waals surface area contributed by atoms with Crippen molar-refractivity contribution in [1.82, 2.24) is 0 Å². The highest BCUT2D eigenvalue weighted by molar-refractivity contribution is 6.06. The molecule has 0 spiro atoms. The zero-order valence-electron chi connectivity index (χ0n) is 14.9. The smallest absolute Gasteiger partial charge is 0.265 e. The maximum absolute atomic E-state index is 6.70. The first kappa shape index (κ1) is 16.4. The number of para-hydroxylation sites is 1. The van der Waals surface area contributed by atoms with Crippen LogP contribution in [0.5, 0.6) is 11.5 Å². The maximum Gasteiger partial charge on any atom is 0.265 e. The van der Waals surface area contributed by atoms with Crippen LogP contribution in [0, 0.1) is 0 Å². The van der Waals surface area contributed by atoms with Gasteiger partial charge in [0.2, 0.25) is 5.70 Å². The van der Waals surface area contributed by atoms with Crippen molar-refractivity contribution >= 4 is 17.7 Å². The van der Waals surface area contributed by atoms with Gasteiger partial charge in [0.25, 0.3) is 5.84 Å². The zero-order valence-corrected chi connectivity index (χ0v) is 14.9. The van der Waals surface area contributed by atoms with E-state index < -0.39 is 0 Å². The fraction of sp³-hybridized carbons (Fsp3) is 0. The van der Waals surface area contributed by atoms with E-state index in [1.165, 1.54) is 0 Å². The van der Waals surface area contributed by atoms with Gasteiger partial charge in [-0.15, -0.1) is 4.59 Å². The third kappa shape index (κ3) is 2.68. The average molecular weight is 369 g/mol. The largest absolute Gasteiger partial charge is 0.462 e. The van der Waals surface area contributed by atoms with Gasteiger partial charge >= 0.3 is 0 Å². The van der Waals surface area contributed by atoms with Crippen LogP contribution in [0.2, 0.25) is 0 Å². The summed E-state index contributed by atoms with van der Waals surface area (Å²) >= 11 is 0. The summed E-state index contributed by atoms with van der Waals surface area (Å²) in [4.78, 5) is 9.02. The lowest BCUT2D eigenvalue weighted by Gasteiger charge is -2.26. The van der Waals surface area contributed by atoms with Crippen molar-refractivity contribution in [2.75, 3.05) is 0 Å². The molecule has 3 heterocycles. The average Bonchev–Trinajstić information content (AvgIpc) is 3.35. The van der Waals surface area contributed by atoms with E-state index in [1.807, 2.05) is 66.7 Å². The van der Waals surface area contributed by atoms with E-state index in [2.05, 4.69) is 4.99 Å². The molecule has 0 amide bonds. The highest BCUT2D eigenvalue weighted by atomic mass is 16.5. The molecule has 0 saturated carbocycles. The van der Waals surface area contributed by atoms with Crippen molar-refractivity contribution in [2.45, 2.75) is 0 Å². The first-order chi connectivity index (χ1) is 13.7. The minimum Gasteiger partial charge on any atom is -0.462 e. The lowest BCUT2D eigenvalue weighted by atomic mass is 10.1. The van der Waals surface area contributed by atoms with Crippen LogP contribution in [0.1, 0.15) is 11.3 Å². The fourth-order valence-electron chi connectivity index (χ4n) is 3.27. The molecule has 136 valence electrons. The SMILES string of the molecule is N[N+]12C=CN=CC1=C(c1ccco1)N=C2c1ccc(Oc2ccccc2)cc1. The summed E-state index contributed by atoms with van der Waals surface area (Å²) in [7, 11) is 0. The third-order valence-corrected chi connectivity index (χ3v) is 4.64. The molecule has 2 aromatic carbocycles. The summed E-state index contributed by atoms with van der Waals surface area (Å²) in [6, 6.07) is 21.1. The van der Waals surface area contributed by atoms with Crippen LogP contribution < -0.4 is 10.6 Å². The predicted molar refractivity (Wildman–Crippen MR) is 107 cm³/mol. The topological polar surface area (TPSA) is 73.1 Å². The second kappa shape index (κ2) is 6.45. The molecule has 0 bridgehead atoms. The Kier molecular flexibility index (Phi) is 3.79. The van der Waals surface area contributed by atoms with Crippen LogP contribution in [0.25, 0.3) is 5.70 Å². The van der Waals surface area contributed by atoms with Crippen molar-refractivity contribution in [2.24, 2.45) is 15.8 Å². The van der Waals surface area contributed by atoms with Crippen LogP contribution in [0.3, 0.4) is 0 Å². The Morgan fingerprint density at radius 1 is 0.893 bits per heavy atom. The van der Waals surface area contributed by atoms with Gasteiger partial charge in [-0.05, 0) is 48.5 Å². The maximum atomic E-state index is 6.70. The number of fused-ring (bicyclic) bond motifs is 1. The minimum atomic E-state index is -0.0571. The van der Waals surface area contributed by atoms with E-state index in [4.69, 9.17) is 20.0 Å². The molecule has 3 aromatic rings. The summed E-state index contributed by atoms with van der Waals surface area (Å²) in [6.07, 6.45) is 6.82. The summed E-state index contributed by atoms with van der Waals surface area (Å²) in [5.74, 6) is 9.57. The molecule has 6 heteroatoms. The van der Waals surface area contributed by atoms with Gasteiger partial charge in [0.1, 0.15) is 17.7 Å². The molecule has 0 saturated heterocycles. The molecule has 2 aliphatic rings. The zero-order chi connectivity index (χ0) is 19.0. The first-order valence-electron chi connectivity index (χ1n) is 8.83. The van der Waals surface area contributed by atoms with Gasteiger partial charge in [-0.1, -0.05) is 18.2 Å². The Hall–Kier alpha value is -3.74. The number of amidine groups is 1. The Morgan fingerprint density at radius 3 is 2.43 bits per heavy atom. The highest BCUT2D eigenvalue weighted by Gasteiger charge is 2.45. The van der Waals surface area contributed by atoms with Crippen molar-refractivity contribution in [3.05, 3.63) is 102 Å². The predicted octanol–water partition coefficient (Wildman–Crippen LogP) is 4.45. The Labute approximate surface area is 161 Å². The summed E-state index contributed by atoms with van der Waals surface area (Å²) in [5, 5.41) is 0. The number of furan rings is 1. The van der Waals surface area contributed by atoms with Crippen molar-refractivity contribution in [3.8, 4) is 11.5 Å². The van der Waals surface area contributed by atoms with E-state index in [1.54, 1.807) is 24.9 Å². The number of benzene rings is 2. The molecule has 1 aromatic heterocycles. The van der Waals surface area contributed by atoms with Gasteiger partial charge in [-0.2, -0.15) is 10.8 Å². The number of rotatable bonds is 4. The van der Waals surface area contributed by atoms with Gasteiger partial charge < -0.3 is 9.15 Å². The van der Waals surface area contributed by atoms with Gasteiger partial charge in [-0.3, -0.25) is 4.99 Å². The fourth-order valence-corrected chi connectivity index (χ4v) is 3.27. The van der Waals surface area contributed by atoms with E-state index in [-0.39, 0.29) is 4.59 Å². The van der Waals surface area contributed by atoms with Crippen molar-refractivity contribution < 1.29 is 13.7 Å². The minimum absolute atomic E-state index is 0.0571. The molecule has 0 aliphatic carbocycles. The molecule has 5 rings (SSSR count). The van der Waals surface area contributed by atoms with Crippen LogP contribution >= 0.6 is 0 Å². The number of ether oxygens (including phenoxy) is 1. The van der Waals surface area contributed by atoms with E-state index >= 15 is 0 Å². The Balaban J connectivity index is 1.50. The number of nitrogens with two attached hydrogens (primary N) is 1. The second-order valence-electron chi connectivity index (χ2n) is 6.44. The van der Waals surface area contributed by atoms with Crippen LogP contribution in [0.15, 0.2) is 105 Å². The van der Waals surface area contributed by atoms with Crippen molar-refractivity contribution in [1.29, 1.82) is 0 Å². The monoisotopic (exact) mass is 369 g/mol. The summed E-state index contributed by atoms with van der Waals surface area (Å²) in [5.41, 5.74) is 2.33. The summed E-state index contributed by atoms with van der Waals surface area (Å²) < 4.78 is 11.4. The molecule has 0 fully saturated rings. The van der Waals surface area contributed by atoms with Gasteiger partial charge in [-0.25, -0.2) is 0 Å². The molecule has 2 N–H and O–H groups in total. The Morgan fingerprint density at radius 2 is 1.68 bits per heavy atom. The van der Waals surface area contributed by atoms with Crippen LogP contribution in [-0.4, -0.2) is 16.6 Å². The van der Waals surface area contributed by atoms with Crippen LogP contribution in [0.4, 0.5) is 0 Å². The van der Waals surface area contributed by atoms with Crippen molar-refractivity contribution in [3.63, 3.8) is 0 Å². The van der Waals surface area contributed by atoms with E-state index in [0.717, 1.165) is 22.8 Å². The summed E-state index contributed by atoms with van der Waals surface area (Å²) in [6.45, 7) is 0. The lowest BCUT2D eigenvalue weighted by Crippen LogP contribution is -2.53. The molecule has 2 aliphatic heterocycles. The molecular weight excluding hydrogens is 352 g/mol. The Bertz CT molecular complexity index is 1130. The standard InChI is InChI=1S/C22H17N4O2/c23-26-13-12-24-15-19(26)21(20-7-4-14-27-20)25-22(26)16-8-10-18(11-9-16)28-17-5-2-1-3-6-17/h1-15H,23H2/q+1. The highest BCUT2D eigenvalue weighted by Crippen LogP contribution is 2.36.